The third-order valence-electron chi connectivity index (χ3n) is 7.59. The Labute approximate surface area is 257 Å². The molecule has 0 bridgehead atoms. The van der Waals surface area contributed by atoms with E-state index in [1.165, 1.54) is 12.1 Å². The Balaban J connectivity index is 1.58. The number of para-hydroxylation sites is 1. The van der Waals surface area contributed by atoms with E-state index in [4.69, 9.17) is 4.74 Å². The Bertz CT molecular complexity index is 1490. The lowest BCUT2D eigenvalue weighted by Gasteiger charge is -2.30. The molecule has 232 valence electrons. The monoisotopic (exact) mass is 602 g/mol. The van der Waals surface area contributed by atoms with Crippen molar-refractivity contribution in [3.8, 4) is 5.75 Å². The molecule has 0 radical (unpaired) electrons. The third kappa shape index (κ3) is 8.43. The van der Waals surface area contributed by atoms with E-state index in [0.717, 1.165) is 11.1 Å². The van der Waals surface area contributed by atoms with Gasteiger partial charge in [0.1, 0.15) is 29.8 Å². The van der Waals surface area contributed by atoms with Crippen molar-refractivity contribution in [1.29, 1.82) is 0 Å². The number of fused-ring (bicyclic) bond motifs is 1. The van der Waals surface area contributed by atoms with Gasteiger partial charge < -0.3 is 26.0 Å². The Morgan fingerprint density at radius 2 is 1.61 bits per heavy atom. The van der Waals surface area contributed by atoms with E-state index in [2.05, 4.69) is 21.3 Å². The summed E-state index contributed by atoms with van der Waals surface area (Å²) in [5.41, 5.74) is 0.0558. The van der Waals surface area contributed by atoms with Crippen LogP contribution in [0.2, 0.25) is 0 Å². The van der Waals surface area contributed by atoms with Crippen molar-refractivity contribution in [2.24, 2.45) is 0 Å². The molecule has 1 aliphatic rings. The summed E-state index contributed by atoms with van der Waals surface area (Å²) in [6, 6.07) is 20.5. The molecule has 0 saturated carbocycles. The van der Waals surface area contributed by atoms with Crippen LogP contribution in [-0.4, -0.2) is 54.4 Å². The minimum atomic E-state index is -1.33. The van der Waals surface area contributed by atoms with Crippen LogP contribution in [0.1, 0.15) is 55.6 Å². The molecule has 1 aliphatic heterocycles. The maximum Gasteiger partial charge on any atom is 0.255 e. The predicted octanol–water partition coefficient (Wildman–Crippen LogP) is 3.42. The van der Waals surface area contributed by atoms with E-state index in [0.29, 0.717) is 6.42 Å². The maximum absolute atomic E-state index is 13.5. The van der Waals surface area contributed by atoms with Crippen LogP contribution < -0.4 is 26.0 Å². The van der Waals surface area contributed by atoms with Gasteiger partial charge in [0.25, 0.3) is 5.91 Å². The molecule has 4 N–H and O–H groups in total. The molecule has 0 fully saturated rings. The quantitative estimate of drug-likeness (QED) is 0.344. The molecule has 3 aromatic carbocycles. The van der Waals surface area contributed by atoms with Crippen LogP contribution in [0.25, 0.3) is 0 Å². The Kier molecular flexibility index (Phi) is 10.0. The summed E-state index contributed by atoms with van der Waals surface area (Å²) in [5.74, 6) is -2.29. The summed E-state index contributed by atoms with van der Waals surface area (Å²) in [6.45, 7) is 7.12. The summed E-state index contributed by atoms with van der Waals surface area (Å²) < 4.78 is 19.5. The van der Waals surface area contributed by atoms with Crippen LogP contribution in [0.15, 0.2) is 78.9 Å². The molecule has 44 heavy (non-hydrogen) atoms. The van der Waals surface area contributed by atoms with Gasteiger partial charge in [-0.25, -0.2) is 4.39 Å². The van der Waals surface area contributed by atoms with Crippen molar-refractivity contribution in [1.82, 2.24) is 21.3 Å². The van der Waals surface area contributed by atoms with Gasteiger partial charge in [0.05, 0.1) is 18.0 Å². The molecule has 10 heteroatoms. The second-order valence-corrected chi connectivity index (χ2v) is 12.2. The third-order valence-corrected chi connectivity index (χ3v) is 7.59. The number of halogens is 1. The SMILES string of the molecule is CC1(C)NC(=O)C[C@@H](C(=O)NCC(C)(C)c2ccc(F)cc2)NC(=O)c2ccccc2OC[C@@H](Cc2ccccc2)NC1=O. The average Bonchev–Trinajstić information content (AvgIpc) is 2.98. The number of benzene rings is 3. The molecule has 2 atom stereocenters. The van der Waals surface area contributed by atoms with Gasteiger partial charge in [0.15, 0.2) is 0 Å². The van der Waals surface area contributed by atoms with Gasteiger partial charge >= 0.3 is 0 Å². The zero-order chi connectivity index (χ0) is 31.9. The second kappa shape index (κ2) is 13.7. The Morgan fingerprint density at radius 1 is 0.955 bits per heavy atom. The molecule has 3 aromatic rings. The first-order valence-corrected chi connectivity index (χ1v) is 14.6. The van der Waals surface area contributed by atoms with Gasteiger partial charge in [-0.1, -0.05) is 68.4 Å². The molecular weight excluding hydrogens is 563 g/mol. The van der Waals surface area contributed by atoms with Gasteiger partial charge in [-0.2, -0.15) is 0 Å². The van der Waals surface area contributed by atoms with E-state index < -0.39 is 53.1 Å². The summed E-state index contributed by atoms with van der Waals surface area (Å²) in [7, 11) is 0. The minimum absolute atomic E-state index is 0.0529. The highest BCUT2D eigenvalue weighted by atomic mass is 19.1. The summed E-state index contributed by atoms with van der Waals surface area (Å²) >= 11 is 0. The van der Waals surface area contributed by atoms with E-state index in [-0.39, 0.29) is 30.3 Å². The summed E-state index contributed by atoms with van der Waals surface area (Å²) in [5, 5.41) is 11.2. The van der Waals surface area contributed by atoms with Crippen LogP contribution in [0.3, 0.4) is 0 Å². The number of amides is 4. The van der Waals surface area contributed by atoms with Gasteiger partial charge in [-0.15, -0.1) is 0 Å². The number of hydrogen-bond acceptors (Lipinski definition) is 5. The van der Waals surface area contributed by atoms with E-state index in [1.807, 2.05) is 44.2 Å². The zero-order valence-electron chi connectivity index (χ0n) is 25.4. The molecule has 0 saturated heterocycles. The zero-order valence-corrected chi connectivity index (χ0v) is 25.4. The van der Waals surface area contributed by atoms with Crippen molar-refractivity contribution < 1.29 is 28.3 Å². The van der Waals surface area contributed by atoms with Crippen LogP contribution in [-0.2, 0) is 26.2 Å². The van der Waals surface area contributed by atoms with Crippen molar-refractivity contribution in [3.05, 3.63) is 101 Å². The molecule has 0 spiro atoms. The molecule has 9 nitrogen and oxygen atoms in total. The normalized spacial score (nSPS) is 19.2. The predicted molar refractivity (Wildman–Crippen MR) is 165 cm³/mol. The fourth-order valence-corrected chi connectivity index (χ4v) is 4.91. The highest BCUT2D eigenvalue weighted by Gasteiger charge is 2.34. The molecule has 4 rings (SSSR count). The Morgan fingerprint density at radius 3 is 2.32 bits per heavy atom. The summed E-state index contributed by atoms with van der Waals surface area (Å²) in [4.78, 5) is 53.5. The first kappa shape index (κ1) is 32.2. The molecule has 1 heterocycles. The van der Waals surface area contributed by atoms with Crippen molar-refractivity contribution in [3.63, 3.8) is 0 Å². The second-order valence-electron chi connectivity index (χ2n) is 12.2. The number of carbonyl (C=O) groups is 4. The largest absolute Gasteiger partial charge is 0.491 e. The van der Waals surface area contributed by atoms with Crippen molar-refractivity contribution in [2.45, 2.75) is 63.6 Å². The summed E-state index contributed by atoms with van der Waals surface area (Å²) in [6.07, 6.45) is 0.0449. The number of carbonyl (C=O) groups excluding carboxylic acids is 4. The maximum atomic E-state index is 13.5. The smallest absolute Gasteiger partial charge is 0.255 e. The molecule has 0 aliphatic carbocycles. The van der Waals surface area contributed by atoms with E-state index >= 15 is 0 Å². The van der Waals surface area contributed by atoms with E-state index in [9.17, 15) is 23.6 Å². The standard InChI is InChI=1S/C34H39FN4O5/c1-33(2,23-14-16-24(35)17-15-23)21-36-31(42)27-19-29(40)39-34(3,4)32(43)37-25(18-22-10-6-5-7-11-22)20-44-28-13-9-8-12-26(28)30(41)38-27/h5-17,25,27H,18-21H2,1-4H3,(H,36,42)(H,37,43)(H,38,41)(H,39,40)/t25-,27+/m1/s1. The van der Waals surface area contributed by atoms with Crippen LogP contribution in [0.5, 0.6) is 5.75 Å². The fourth-order valence-electron chi connectivity index (χ4n) is 4.91. The number of nitrogens with one attached hydrogen (secondary N) is 4. The lowest BCUT2D eigenvalue weighted by molar-refractivity contribution is -0.134. The first-order valence-electron chi connectivity index (χ1n) is 14.6. The Hall–Kier alpha value is -4.73. The first-order chi connectivity index (χ1) is 20.8. The van der Waals surface area contributed by atoms with E-state index in [1.54, 1.807) is 50.2 Å². The lowest BCUT2D eigenvalue weighted by atomic mass is 9.84. The van der Waals surface area contributed by atoms with Gasteiger partial charge in [0, 0.05) is 12.0 Å². The number of ether oxygens (including phenoxy) is 1. The van der Waals surface area contributed by atoms with Gasteiger partial charge in [0.2, 0.25) is 17.7 Å². The number of hydrogen-bond donors (Lipinski definition) is 4. The van der Waals surface area contributed by atoms with Crippen molar-refractivity contribution >= 4 is 23.6 Å². The minimum Gasteiger partial charge on any atom is -0.491 e. The molecule has 4 amide bonds. The topological polar surface area (TPSA) is 126 Å². The van der Waals surface area contributed by atoms with Gasteiger partial charge in [-0.3, -0.25) is 19.2 Å². The highest BCUT2D eigenvalue weighted by Crippen LogP contribution is 2.23. The van der Waals surface area contributed by atoms with Crippen molar-refractivity contribution in [2.75, 3.05) is 13.2 Å². The van der Waals surface area contributed by atoms with Crippen LogP contribution in [0.4, 0.5) is 4.39 Å². The van der Waals surface area contributed by atoms with Crippen LogP contribution in [0, 0.1) is 5.82 Å². The molecule has 0 aromatic heterocycles. The fraction of sp³-hybridized carbons (Fsp3) is 0.353. The average molecular weight is 603 g/mol. The van der Waals surface area contributed by atoms with Gasteiger partial charge in [-0.05, 0) is 55.7 Å². The number of rotatable bonds is 6. The molecule has 0 unspecified atom stereocenters. The molecular formula is C34H39FN4O5. The van der Waals surface area contributed by atoms with Crippen LogP contribution >= 0.6 is 0 Å². The highest BCUT2D eigenvalue weighted by molar-refractivity contribution is 6.01. The lowest BCUT2D eigenvalue weighted by Crippen LogP contribution is -2.59.